The molecule has 2 aliphatic heterocycles. The van der Waals surface area contributed by atoms with Crippen molar-refractivity contribution in [2.75, 3.05) is 68.5 Å². The summed E-state index contributed by atoms with van der Waals surface area (Å²) in [7, 11) is 8.71. The minimum absolute atomic E-state index is 0.0174. The summed E-state index contributed by atoms with van der Waals surface area (Å²) in [5.41, 5.74) is -1.43. The summed E-state index contributed by atoms with van der Waals surface area (Å²) in [4.78, 5) is 169. The fourth-order valence-electron chi connectivity index (χ4n) is 14.8. The van der Waals surface area contributed by atoms with Crippen LogP contribution in [0.5, 0.6) is 0 Å². The largest absolute Gasteiger partial charge is 0.393 e. The van der Waals surface area contributed by atoms with E-state index in [0.29, 0.717) is 38.0 Å². The highest BCUT2D eigenvalue weighted by atomic mass is 35.5. The van der Waals surface area contributed by atoms with Crippen molar-refractivity contribution in [2.45, 2.75) is 242 Å². The number of likely N-dealkylation sites (N-methyl/N-ethyl adjacent to an activating group) is 6. The van der Waals surface area contributed by atoms with Gasteiger partial charge in [-0.1, -0.05) is 79.6 Å². The molecular formula is C66H107ClF3N11O11. The zero-order chi connectivity index (χ0) is 68.3. The van der Waals surface area contributed by atoms with Crippen LogP contribution in [0, 0.1) is 41.4 Å². The van der Waals surface area contributed by atoms with Gasteiger partial charge in [-0.05, 0) is 132 Å². The number of fused-ring (bicyclic) bond motifs is 1. The lowest BCUT2D eigenvalue weighted by Gasteiger charge is -2.46. The van der Waals surface area contributed by atoms with Crippen LogP contribution >= 0.6 is 11.6 Å². The molecule has 0 aromatic rings. The molecule has 6 aliphatic rings. The van der Waals surface area contributed by atoms with Crippen molar-refractivity contribution >= 4 is 76.6 Å². The molecule has 4 N–H and O–H groups in total. The van der Waals surface area contributed by atoms with Crippen molar-refractivity contribution in [3.8, 4) is 0 Å². The monoisotopic (exact) mass is 1320 g/mol. The molecule has 4 aliphatic carbocycles. The molecule has 6 rings (SSSR count). The van der Waals surface area contributed by atoms with Gasteiger partial charge in [-0.25, -0.2) is 0 Å². The fraction of sp³-hybridized carbons (Fsp3) is 0.833. The minimum atomic E-state index is -4.49. The summed E-state index contributed by atoms with van der Waals surface area (Å²) >= 11 is 6.37. The Morgan fingerprint density at radius 3 is 1.80 bits per heavy atom. The number of nitrogens with one attached hydrogen (secondary N) is 4. The highest BCUT2D eigenvalue weighted by Crippen LogP contribution is 2.44. The molecule has 26 heteroatoms. The Bertz CT molecular complexity index is 2640. The molecule has 6 fully saturated rings. The third-order valence-corrected chi connectivity index (χ3v) is 21.6. The summed E-state index contributed by atoms with van der Waals surface area (Å²) in [5.74, 6) is -8.73. The molecule has 1 spiro atoms. The van der Waals surface area contributed by atoms with Crippen molar-refractivity contribution < 1.29 is 65.9 Å². The van der Waals surface area contributed by atoms with Crippen LogP contribution in [0.1, 0.15) is 183 Å². The van der Waals surface area contributed by atoms with Crippen molar-refractivity contribution in [1.82, 2.24) is 55.6 Å². The number of carbonyl (C=O) groups excluding carboxylic acids is 11. The first-order valence-corrected chi connectivity index (χ1v) is 34.4. The number of alkyl halides is 4. The molecule has 520 valence electrons. The average molecular weight is 1320 g/mol. The number of hydrogen-bond acceptors (Lipinski definition) is 11. The van der Waals surface area contributed by atoms with E-state index >= 15 is 9.59 Å². The lowest BCUT2D eigenvalue weighted by Crippen LogP contribution is -2.68. The maximum atomic E-state index is 15.1. The number of nitrogens with zero attached hydrogens (tertiary/aromatic N) is 7. The standard InChI is InChI=1S/C66H107ClF3N11O11/c1-13-41(5)56-63(91)77(9)37-54(84)75(7)38-55(85)79(11)51(35-44-23-21-40(4)22-24-44)62(90)76(8)36-52(82)72-48(28-26-43-25-27-46(47(67)34-43)66(68,69)70)61(89)81-31-16-20-49(81)59(87)74-65(29-17-30-65)64(92)80(12)57(45-18-14-15-19-45)60(88)71-42(6)33-53(83)78(10)50(32-39(2)3)58(86)73-56/h39-51,56-57H,13-38H2,1-12H3,(H,71,88)(H,72,82)(H,73,86)(H,74,87)/t40?,41-,42+,43?,44?,46?,47?,48-,49-,50-,51-,56-,57-/m0/s1. The Morgan fingerprint density at radius 2 is 1.22 bits per heavy atom. The molecule has 0 aromatic carbocycles. The van der Waals surface area contributed by atoms with E-state index in [1.807, 2.05) is 20.8 Å². The Morgan fingerprint density at radius 1 is 0.609 bits per heavy atom. The van der Waals surface area contributed by atoms with E-state index in [2.05, 4.69) is 28.2 Å². The molecule has 22 nitrogen and oxygen atoms in total. The summed E-state index contributed by atoms with van der Waals surface area (Å²) < 4.78 is 41.8. The van der Waals surface area contributed by atoms with Gasteiger partial charge >= 0.3 is 6.18 Å². The van der Waals surface area contributed by atoms with Gasteiger partial charge in [0.15, 0.2) is 0 Å². The lowest BCUT2D eigenvalue weighted by atomic mass is 9.74. The smallest absolute Gasteiger partial charge is 0.351 e. The van der Waals surface area contributed by atoms with Gasteiger partial charge in [-0.3, -0.25) is 52.7 Å². The SMILES string of the molecule is CC[C@H](C)[C@@H]1NC(=O)[C@H](CC(C)C)N(C)C(=O)C[C@@H](C)NC(=O)[C@H](C2CCCC2)N(C)C(=O)C2(CCC2)NC(=O)[C@@H]2CCCN2C(=O)[C@H](CCC2CCC(C(F)(F)F)C(Cl)C2)NC(=O)CN(C)C(=O)[C@H](CC2CCC(C)CC2)N(C)C(=O)CN(C)C(=O)CN(C)C1=O. The Kier molecular flexibility index (Phi) is 27.1. The van der Waals surface area contributed by atoms with Crippen LogP contribution in [0.3, 0.4) is 0 Å². The lowest BCUT2D eigenvalue weighted by molar-refractivity contribution is -0.182. The van der Waals surface area contributed by atoms with E-state index in [0.717, 1.165) is 43.4 Å². The quantitative estimate of drug-likeness (QED) is 0.195. The molecule has 2 saturated heterocycles. The second-order valence-electron chi connectivity index (χ2n) is 28.7. The second-order valence-corrected chi connectivity index (χ2v) is 29.3. The number of halogens is 4. The van der Waals surface area contributed by atoms with E-state index in [4.69, 9.17) is 11.6 Å². The van der Waals surface area contributed by atoms with E-state index in [1.165, 1.54) is 71.7 Å². The van der Waals surface area contributed by atoms with Gasteiger partial charge < -0.3 is 55.6 Å². The first-order valence-electron chi connectivity index (χ1n) is 33.9. The zero-order valence-corrected chi connectivity index (χ0v) is 57.4. The van der Waals surface area contributed by atoms with Gasteiger partial charge in [-0.2, -0.15) is 13.2 Å². The van der Waals surface area contributed by atoms with Crippen LogP contribution in [-0.2, 0) is 52.7 Å². The Hall–Kier alpha value is -5.75. The topological polar surface area (TPSA) is 259 Å². The molecule has 2 heterocycles. The predicted molar refractivity (Wildman–Crippen MR) is 340 cm³/mol. The van der Waals surface area contributed by atoms with Crippen LogP contribution in [0.4, 0.5) is 13.2 Å². The fourth-order valence-corrected chi connectivity index (χ4v) is 15.3. The van der Waals surface area contributed by atoms with E-state index in [9.17, 15) is 56.3 Å². The minimum Gasteiger partial charge on any atom is -0.351 e. The van der Waals surface area contributed by atoms with Gasteiger partial charge in [0, 0.05) is 66.7 Å². The Balaban J connectivity index is 1.34. The van der Waals surface area contributed by atoms with Crippen molar-refractivity contribution in [3.63, 3.8) is 0 Å². The van der Waals surface area contributed by atoms with Crippen molar-refractivity contribution in [2.24, 2.45) is 41.4 Å². The molecule has 0 radical (unpaired) electrons. The van der Waals surface area contributed by atoms with Crippen molar-refractivity contribution in [1.29, 1.82) is 0 Å². The second kappa shape index (κ2) is 33.1. The molecule has 11 atom stereocenters. The third kappa shape index (κ3) is 19.2. The van der Waals surface area contributed by atoms with Crippen LogP contribution in [-0.4, -0.2) is 227 Å². The first-order chi connectivity index (χ1) is 43.2. The van der Waals surface area contributed by atoms with Crippen LogP contribution in [0.2, 0.25) is 0 Å². The van der Waals surface area contributed by atoms with Crippen LogP contribution in [0.25, 0.3) is 0 Å². The van der Waals surface area contributed by atoms with Gasteiger partial charge in [0.2, 0.25) is 65.0 Å². The molecule has 92 heavy (non-hydrogen) atoms. The average Bonchev–Trinajstić information content (AvgIpc) is 1.04. The molecule has 0 aromatic heterocycles. The number of rotatable bonds is 10. The first kappa shape index (κ1) is 75.3. The summed E-state index contributed by atoms with van der Waals surface area (Å²) in [6.07, 6.45) is 4.31. The van der Waals surface area contributed by atoms with Gasteiger partial charge in [0.05, 0.1) is 25.6 Å². The van der Waals surface area contributed by atoms with Gasteiger partial charge in [0.1, 0.15) is 41.8 Å². The predicted octanol–water partition coefficient (Wildman–Crippen LogP) is 5.62. The van der Waals surface area contributed by atoms with E-state index < -0.39 is 156 Å². The molecule has 0 bridgehead atoms. The highest BCUT2D eigenvalue weighted by molar-refractivity contribution is 6.20. The summed E-state index contributed by atoms with van der Waals surface area (Å²) in [6, 6.07) is -7.44. The zero-order valence-electron chi connectivity index (χ0n) is 56.7. The number of amides is 11. The summed E-state index contributed by atoms with van der Waals surface area (Å²) in [5, 5.41) is 10.5. The van der Waals surface area contributed by atoms with Crippen molar-refractivity contribution in [3.05, 3.63) is 0 Å². The number of hydrogen-bond donors (Lipinski definition) is 4. The van der Waals surface area contributed by atoms with E-state index in [-0.39, 0.29) is 101 Å². The van der Waals surface area contributed by atoms with Gasteiger partial charge in [0.25, 0.3) is 0 Å². The maximum Gasteiger partial charge on any atom is 0.393 e. The van der Waals surface area contributed by atoms with Crippen LogP contribution in [0.15, 0.2) is 0 Å². The molecule has 11 amide bonds. The van der Waals surface area contributed by atoms with Crippen LogP contribution < -0.4 is 21.3 Å². The number of carbonyl (C=O) groups is 11. The normalized spacial score (nSPS) is 31.8. The molecule has 3 unspecified atom stereocenters. The molecule has 4 saturated carbocycles. The van der Waals surface area contributed by atoms with Gasteiger partial charge in [-0.15, -0.1) is 11.6 Å². The molecular weight excluding hydrogens is 1220 g/mol. The maximum absolute atomic E-state index is 15.1. The third-order valence-electron chi connectivity index (χ3n) is 21.1. The van der Waals surface area contributed by atoms with E-state index in [1.54, 1.807) is 13.8 Å². The highest BCUT2D eigenvalue weighted by Gasteiger charge is 2.53. The summed E-state index contributed by atoms with van der Waals surface area (Å²) in [6.45, 7) is 9.79. The Labute approximate surface area is 548 Å².